The van der Waals surface area contributed by atoms with Crippen LogP contribution >= 0.6 is 22.9 Å². The Balaban J connectivity index is 1.45. The van der Waals surface area contributed by atoms with Gasteiger partial charge in [-0.2, -0.15) is 0 Å². The average molecular weight is 548 g/mol. The van der Waals surface area contributed by atoms with Crippen LogP contribution in [0.3, 0.4) is 0 Å². The molecule has 0 saturated heterocycles. The second-order valence-corrected chi connectivity index (χ2v) is 9.63. The minimum atomic E-state index is -0.579. The van der Waals surface area contributed by atoms with Gasteiger partial charge in [-0.15, -0.1) is 11.3 Å². The Morgan fingerprint density at radius 3 is 2.05 bits per heavy atom. The van der Waals surface area contributed by atoms with Crippen LogP contribution in [0.1, 0.15) is 40.7 Å². The Kier molecular flexibility index (Phi) is 9.30. The minimum Gasteiger partial charge on any atom is -0.462 e. The summed E-state index contributed by atoms with van der Waals surface area (Å²) in [4.78, 5) is 38.3. The molecule has 1 heterocycles. The van der Waals surface area contributed by atoms with Crippen molar-refractivity contribution in [2.75, 3.05) is 18.5 Å². The first-order chi connectivity index (χ1) is 18.5. The Labute approximate surface area is 230 Å². The third-order valence-corrected chi connectivity index (χ3v) is 7.05. The molecule has 38 heavy (non-hydrogen) atoms. The second-order valence-electron chi connectivity index (χ2n) is 8.34. The van der Waals surface area contributed by atoms with Crippen LogP contribution in [0.4, 0.5) is 5.00 Å². The van der Waals surface area contributed by atoms with Gasteiger partial charge in [-0.25, -0.2) is 4.79 Å². The van der Waals surface area contributed by atoms with Crippen molar-refractivity contribution in [1.82, 2.24) is 0 Å². The standard InChI is InChI=1S/C30H26ClNO5S/c1-2-36-30(35)28-24(22-15-9-10-16-25(22)31)19-38-29(28)32-26(33)18-37-27(34)17-23(20-11-5-3-6-12-20)21-13-7-4-8-14-21/h3-16,19,23H,2,17-18H2,1H3,(H,32,33). The molecule has 3 aromatic carbocycles. The molecule has 0 atom stereocenters. The van der Waals surface area contributed by atoms with Gasteiger partial charge in [0.05, 0.1) is 13.0 Å². The van der Waals surface area contributed by atoms with Crippen molar-refractivity contribution < 1.29 is 23.9 Å². The zero-order chi connectivity index (χ0) is 26.9. The van der Waals surface area contributed by atoms with Gasteiger partial charge in [-0.05, 0) is 24.1 Å². The van der Waals surface area contributed by atoms with Gasteiger partial charge in [0, 0.05) is 27.4 Å². The summed E-state index contributed by atoms with van der Waals surface area (Å²) in [6.07, 6.45) is 0.0744. The molecule has 6 nitrogen and oxygen atoms in total. The summed E-state index contributed by atoms with van der Waals surface area (Å²) in [6, 6.07) is 26.5. The first-order valence-electron chi connectivity index (χ1n) is 12.1. The van der Waals surface area contributed by atoms with Crippen LogP contribution in [-0.2, 0) is 19.1 Å². The maximum absolute atomic E-state index is 12.8. The normalized spacial score (nSPS) is 10.7. The fraction of sp³-hybridized carbons (Fsp3) is 0.167. The molecule has 8 heteroatoms. The number of carbonyl (C=O) groups is 3. The molecule has 0 aliphatic rings. The SMILES string of the molecule is CCOC(=O)c1c(-c2ccccc2Cl)csc1NC(=O)COC(=O)CC(c1ccccc1)c1ccccc1. The number of hydrogen-bond acceptors (Lipinski definition) is 6. The highest BCUT2D eigenvalue weighted by molar-refractivity contribution is 7.15. The number of amides is 1. The number of anilines is 1. The number of rotatable bonds is 10. The number of carbonyl (C=O) groups excluding carboxylic acids is 3. The van der Waals surface area contributed by atoms with Crippen LogP contribution in [0, 0.1) is 0 Å². The number of ether oxygens (including phenoxy) is 2. The summed E-state index contributed by atoms with van der Waals surface area (Å²) in [7, 11) is 0. The van der Waals surface area contributed by atoms with Gasteiger partial charge >= 0.3 is 11.9 Å². The number of esters is 2. The molecule has 0 aliphatic carbocycles. The van der Waals surface area contributed by atoms with E-state index in [4.69, 9.17) is 21.1 Å². The summed E-state index contributed by atoms with van der Waals surface area (Å²) in [5.74, 6) is -1.86. The predicted molar refractivity (Wildman–Crippen MR) is 150 cm³/mol. The first kappa shape index (κ1) is 27.1. The van der Waals surface area contributed by atoms with Gasteiger partial charge in [0.25, 0.3) is 5.91 Å². The van der Waals surface area contributed by atoms with Crippen LogP contribution < -0.4 is 5.32 Å². The monoisotopic (exact) mass is 547 g/mol. The highest BCUT2D eigenvalue weighted by Crippen LogP contribution is 2.39. The third kappa shape index (κ3) is 6.68. The maximum Gasteiger partial charge on any atom is 0.341 e. The molecule has 0 radical (unpaired) electrons. The molecule has 1 N–H and O–H groups in total. The van der Waals surface area contributed by atoms with Crippen LogP contribution in [0.15, 0.2) is 90.3 Å². The van der Waals surface area contributed by atoms with Crippen molar-refractivity contribution in [1.29, 1.82) is 0 Å². The van der Waals surface area contributed by atoms with E-state index in [9.17, 15) is 14.4 Å². The van der Waals surface area contributed by atoms with E-state index in [1.54, 1.807) is 30.5 Å². The van der Waals surface area contributed by atoms with E-state index in [0.717, 1.165) is 11.1 Å². The average Bonchev–Trinajstić information content (AvgIpc) is 3.35. The van der Waals surface area contributed by atoms with Crippen molar-refractivity contribution in [2.24, 2.45) is 0 Å². The number of halogens is 1. The van der Waals surface area contributed by atoms with Crippen molar-refractivity contribution in [3.63, 3.8) is 0 Å². The number of thiophene rings is 1. The van der Waals surface area contributed by atoms with E-state index >= 15 is 0 Å². The Morgan fingerprint density at radius 2 is 1.45 bits per heavy atom. The highest BCUT2D eigenvalue weighted by Gasteiger charge is 2.25. The van der Waals surface area contributed by atoms with Gasteiger partial charge in [-0.3, -0.25) is 9.59 Å². The topological polar surface area (TPSA) is 81.7 Å². The molecule has 0 bridgehead atoms. The number of nitrogens with one attached hydrogen (secondary N) is 1. The van der Waals surface area contributed by atoms with Crippen LogP contribution in [0.25, 0.3) is 11.1 Å². The van der Waals surface area contributed by atoms with Crippen molar-refractivity contribution in [3.8, 4) is 11.1 Å². The largest absolute Gasteiger partial charge is 0.462 e. The lowest BCUT2D eigenvalue weighted by atomic mass is 9.89. The maximum atomic E-state index is 12.8. The molecule has 0 aliphatic heterocycles. The number of benzene rings is 3. The Bertz CT molecular complexity index is 1370. The van der Waals surface area contributed by atoms with Gasteiger partial charge in [0.2, 0.25) is 0 Å². The summed E-state index contributed by atoms with van der Waals surface area (Å²) < 4.78 is 10.5. The lowest BCUT2D eigenvalue weighted by Gasteiger charge is -2.17. The second kappa shape index (κ2) is 13.0. The zero-order valence-corrected chi connectivity index (χ0v) is 22.3. The third-order valence-electron chi connectivity index (χ3n) is 5.83. The van der Waals surface area contributed by atoms with E-state index < -0.39 is 24.5 Å². The zero-order valence-electron chi connectivity index (χ0n) is 20.7. The first-order valence-corrected chi connectivity index (χ1v) is 13.3. The Hall–Kier alpha value is -3.94. The van der Waals surface area contributed by atoms with Crippen LogP contribution in [0.2, 0.25) is 5.02 Å². The summed E-state index contributed by atoms with van der Waals surface area (Å²) in [5, 5.41) is 5.19. The van der Waals surface area contributed by atoms with Crippen LogP contribution in [0.5, 0.6) is 0 Å². The lowest BCUT2D eigenvalue weighted by molar-refractivity contribution is -0.147. The molecular formula is C30H26ClNO5S. The van der Waals surface area contributed by atoms with Gasteiger partial charge < -0.3 is 14.8 Å². The van der Waals surface area contributed by atoms with Crippen molar-refractivity contribution in [2.45, 2.75) is 19.3 Å². The minimum absolute atomic E-state index is 0.0744. The van der Waals surface area contributed by atoms with E-state index in [-0.39, 0.29) is 24.5 Å². The lowest BCUT2D eigenvalue weighted by Crippen LogP contribution is -2.22. The molecule has 4 rings (SSSR count). The van der Waals surface area contributed by atoms with Crippen molar-refractivity contribution >= 4 is 45.8 Å². The predicted octanol–water partition coefficient (Wildman–Crippen LogP) is 6.95. The molecule has 0 fully saturated rings. The highest BCUT2D eigenvalue weighted by atomic mass is 35.5. The molecule has 0 saturated carbocycles. The fourth-order valence-corrected chi connectivity index (χ4v) is 5.27. The molecule has 1 amide bonds. The smallest absolute Gasteiger partial charge is 0.341 e. The van der Waals surface area contributed by atoms with E-state index in [1.807, 2.05) is 66.7 Å². The number of hydrogen-bond donors (Lipinski definition) is 1. The van der Waals surface area contributed by atoms with E-state index in [2.05, 4.69) is 5.32 Å². The van der Waals surface area contributed by atoms with Gasteiger partial charge in [0.15, 0.2) is 6.61 Å². The molecule has 194 valence electrons. The molecule has 4 aromatic rings. The van der Waals surface area contributed by atoms with E-state index in [1.165, 1.54) is 11.3 Å². The van der Waals surface area contributed by atoms with Crippen molar-refractivity contribution in [3.05, 3.63) is 112 Å². The summed E-state index contributed by atoms with van der Waals surface area (Å²) in [5.41, 5.74) is 3.36. The van der Waals surface area contributed by atoms with E-state index in [0.29, 0.717) is 21.2 Å². The molecule has 0 spiro atoms. The molecular weight excluding hydrogens is 522 g/mol. The quantitative estimate of drug-likeness (QED) is 0.217. The summed E-state index contributed by atoms with van der Waals surface area (Å²) >= 11 is 7.52. The molecule has 0 unspecified atom stereocenters. The fourth-order valence-electron chi connectivity index (χ4n) is 4.07. The van der Waals surface area contributed by atoms with Gasteiger partial charge in [-0.1, -0.05) is 90.5 Å². The molecule has 1 aromatic heterocycles. The summed E-state index contributed by atoms with van der Waals surface area (Å²) in [6.45, 7) is 1.39. The van der Waals surface area contributed by atoms with Gasteiger partial charge in [0.1, 0.15) is 10.6 Å². The van der Waals surface area contributed by atoms with Crippen LogP contribution in [-0.4, -0.2) is 31.1 Å². The Morgan fingerprint density at radius 1 is 0.842 bits per heavy atom.